The summed E-state index contributed by atoms with van der Waals surface area (Å²) in [7, 11) is 3.18. The largest absolute Gasteiger partial charge is 0.349 e. The molecule has 2 atom stereocenters. The van der Waals surface area contributed by atoms with Crippen molar-refractivity contribution < 1.29 is 19.1 Å². The van der Waals surface area contributed by atoms with Gasteiger partial charge >= 0.3 is 0 Å². The number of rotatable bonds is 17. The Balaban J connectivity index is 5.27. The summed E-state index contributed by atoms with van der Waals surface area (Å²) >= 11 is 0. The van der Waals surface area contributed by atoms with Crippen LogP contribution in [0.3, 0.4) is 0 Å². The molecule has 4 heteroatoms. The van der Waals surface area contributed by atoms with E-state index in [-0.39, 0.29) is 18.1 Å². The molecule has 0 heterocycles. The van der Waals surface area contributed by atoms with E-state index in [1.54, 1.807) is 26.4 Å². The number of unbranched alkanes of at least 4 members (excludes halogenated alkanes) is 5. The number of methoxy groups -OCH3 is 2. The molecule has 0 bridgehead atoms. The van der Waals surface area contributed by atoms with Crippen molar-refractivity contribution in [3.8, 4) is 0 Å². The molecule has 4 nitrogen and oxygen atoms in total. The van der Waals surface area contributed by atoms with E-state index in [4.69, 9.17) is 9.47 Å². The molecule has 0 saturated heterocycles. The first-order chi connectivity index (χ1) is 13.4. The summed E-state index contributed by atoms with van der Waals surface area (Å²) in [5.74, 6) is -0.766. The Kier molecular flexibility index (Phi) is 14.9. The number of ketones is 1. The Labute approximate surface area is 172 Å². The zero-order chi connectivity index (χ0) is 21.4. The summed E-state index contributed by atoms with van der Waals surface area (Å²) in [5.41, 5.74) is 0.427. The highest BCUT2D eigenvalue weighted by atomic mass is 16.7. The molecule has 0 amide bonds. The van der Waals surface area contributed by atoms with Crippen LogP contribution in [0.5, 0.6) is 0 Å². The maximum atomic E-state index is 12.7. The number of allylic oxidation sites excluding steroid dienone is 3. The van der Waals surface area contributed by atoms with E-state index < -0.39 is 5.79 Å². The van der Waals surface area contributed by atoms with Gasteiger partial charge in [0.05, 0.1) is 0 Å². The smallest absolute Gasteiger partial charge is 0.190 e. The zero-order valence-electron chi connectivity index (χ0n) is 19.0. The van der Waals surface area contributed by atoms with Crippen molar-refractivity contribution >= 4 is 12.1 Å². The summed E-state index contributed by atoms with van der Waals surface area (Å²) in [4.78, 5) is 23.8. The third kappa shape index (κ3) is 9.29. The summed E-state index contributed by atoms with van der Waals surface area (Å²) in [5, 5.41) is 0. The molecule has 0 fully saturated rings. The molecule has 0 aliphatic rings. The van der Waals surface area contributed by atoms with Gasteiger partial charge in [-0.25, -0.2) is 0 Å². The molecule has 162 valence electrons. The first kappa shape index (κ1) is 26.7. The second kappa shape index (κ2) is 15.6. The van der Waals surface area contributed by atoms with Crippen LogP contribution in [0.2, 0.25) is 0 Å². The summed E-state index contributed by atoms with van der Waals surface area (Å²) in [6, 6.07) is 0. The molecule has 28 heavy (non-hydrogen) atoms. The van der Waals surface area contributed by atoms with Crippen LogP contribution in [0.25, 0.3) is 0 Å². The molecule has 0 aromatic heterocycles. The topological polar surface area (TPSA) is 52.6 Å². The number of carbonyl (C=O) groups excluding carboxylic acids is 2. The van der Waals surface area contributed by atoms with Crippen LogP contribution in [0.1, 0.15) is 85.5 Å². The Morgan fingerprint density at radius 1 is 1.00 bits per heavy atom. The maximum absolute atomic E-state index is 12.7. The van der Waals surface area contributed by atoms with Crippen molar-refractivity contribution in [1.82, 2.24) is 0 Å². The first-order valence-electron chi connectivity index (χ1n) is 10.9. The number of aldehydes is 1. The molecule has 0 rings (SSSR count). The van der Waals surface area contributed by atoms with E-state index in [2.05, 4.69) is 27.7 Å². The SMILES string of the molecule is CCCCCCCC=CC(=O)C(=CC(OC)(OC)C(C)C(C)CCC)CC=O. The predicted molar refractivity (Wildman–Crippen MR) is 116 cm³/mol. The Morgan fingerprint density at radius 2 is 1.64 bits per heavy atom. The van der Waals surface area contributed by atoms with Gasteiger partial charge in [0.1, 0.15) is 6.29 Å². The van der Waals surface area contributed by atoms with Gasteiger partial charge in [0.15, 0.2) is 11.6 Å². The van der Waals surface area contributed by atoms with Crippen molar-refractivity contribution in [3.63, 3.8) is 0 Å². The van der Waals surface area contributed by atoms with Crippen molar-refractivity contribution in [1.29, 1.82) is 0 Å². The van der Waals surface area contributed by atoms with Gasteiger partial charge in [-0.15, -0.1) is 0 Å². The summed E-state index contributed by atoms with van der Waals surface area (Å²) in [6.45, 7) is 8.57. The molecular formula is C24H42O4. The first-order valence-corrected chi connectivity index (χ1v) is 10.9. The molecule has 0 N–H and O–H groups in total. The van der Waals surface area contributed by atoms with Gasteiger partial charge in [-0.1, -0.05) is 72.3 Å². The lowest BCUT2D eigenvalue weighted by Crippen LogP contribution is -2.42. The number of ether oxygens (including phenoxy) is 2. The quantitative estimate of drug-likeness (QED) is 0.130. The van der Waals surface area contributed by atoms with Crippen molar-refractivity contribution in [2.24, 2.45) is 11.8 Å². The van der Waals surface area contributed by atoms with E-state index in [1.807, 2.05) is 6.08 Å². The van der Waals surface area contributed by atoms with Gasteiger partial charge in [-0.2, -0.15) is 0 Å². The molecule has 0 saturated carbocycles. The van der Waals surface area contributed by atoms with Gasteiger partial charge in [0.25, 0.3) is 0 Å². The standard InChI is InChI=1S/C24H42O4/c1-7-9-10-11-12-13-14-16-23(26)22(17-18-25)19-24(27-5,28-6)21(4)20(3)15-8-2/h14,16,18-21H,7-13,15,17H2,1-6H3. The van der Waals surface area contributed by atoms with Gasteiger partial charge < -0.3 is 14.3 Å². The average molecular weight is 395 g/mol. The third-order valence-corrected chi connectivity index (χ3v) is 5.61. The normalized spacial score (nSPS) is 15.0. The lowest BCUT2D eigenvalue weighted by Gasteiger charge is -2.37. The third-order valence-electron chi connectivity index (χ3n) is 5.61. The van der Waals surface area contributed by atoms with Crippen molar-refractivity contribution in [2.45, 2.75) is 91.3 Å². The van der Waals surface area contributed by atoms with Crippen LogP contribution in [0.4, 0.5) is 0 Å². The fourth-order valence-electron chi connectivity index (χ4n) is 3.53. The molecule has 0 aliphatic heterocycles. The Hall–Kier alpha value is -1.26. The molecular weight excluding hydrogens is 352 g/mol. The number of carbonyl (C=O) groups is 2. The predicted octanol–water partition coefficient (Wildman–Crippen LogP) is 6.05. The van der Waals surface area contributed by atoms with Gasteiger partial charge in [0, 0.05) is 32.1 Å². The number of hydrogen-bond acceptors (Lipinski definition) is 4. The minimum Gasteiger partial charge on any atom is -0.349 e. The van der Waals surface area contributed by atoms with Crippen LogP contribution in [-0.2, 0) is 19.1 Å². The van der Waals surface area contributed by atoms with Crippen LogP contribution in [0.15, 0.2) is 23.8 Å². The van der Waals surface area contributed by atoms with E-state index >= 15 is 0 Å². The molecule has 0 radical (unpaired) electrons. The Bertz CT molecular complexity index is 489. The fourth-order valence-corrected chi connectivity index (χ4v) is 3.53. The lowest BCUT2D eigenvalue weighted by molar-refractivity contribution is -0.211. The highest BCUT2D eigenvalue weighted by Gasteiger charge is 2.38. The van der Waals surface area contributed by atoms with Crippen LogP contribution in [-0.4, -0.2) is 32.1 Å². The van der Waals surface area contributed by atoms with Crippen LogP contribution in [0, 0.1) is 11.8 Å². The van der Waals surface area contributed by atoms with Crippen LogP contribution < -0.4 is 0 Å². The molecule has 0 aromatic carbocycles. The average Bonchev–Trinajstić information content (AvgIpc) is 2.70. The molecule has 0 aromatic rings. The minimum absolute atomic E-state index is 0.0412. The number of hydrogen-bond donors (Lipinski definition) is 0. The second-order valence-corrected chi connectivity index (χ2v) is 7.69. The van der Waals surface area contributed by atoms with Crippen molar-refractivity contribution in [3.05, 3.63) is 23.8 Å². The van der Waals surface area contributed by atoms with Crippen molar-refractivity contribution in [2.75, 3.05) is 14.2 Å². The van der Waals surface area contributed by atoms with Gasteiger partial charge in [0.2, 0.25) is 0 Å². The highest BCUT2D eigenvalue weighted by Crippen LogP contribution is 2.34. The lowest BCUT2D eigenvalue weighted by atomic mass is 9.83. The fraction of sp³-hybridized carbons (Fsp3) is 0.750. The Morgan fingerprint density at radius 3 is 2.18 bits per heavy atom. The van der Waals surface area contributed by atoms with Gasteiger partial charge in [-0.3, -0.25) is 4.79 Å². The van der Waals surface area contributed by atoms with Crippen LogP contribution >= 0.6 is 0 Å². The highest BCUT2D eigenvalue weighted by molar-refractivity contribution is 6.05. The summed E-state index contributed by atoms with van der Waals surface area (Å²) in [6.07, 6.45) is 15.0. The molecule has 0 aliphatic carbocycles. The van der Waals surface area contributed by atoms with E-state index in [0.717, 1.165) is 32.0 Å². The minimum atomic E-state index is -1.02. The van der Waals surface area contributed by atoms with E-state index in [1.165, 1.54) is 25.7 Å². The molecule has 0 spiro atoms. The van der Waals surface area contributed by atoms with E-state index in [0.29, 0.717) is 11.5 Å². The maximum Gasteiger partial charge on any atom is 0.190 e. The zero-order valence-corrected chi connectivity index (χ0v) is 19.0. The molecule has 2 unspecified atom stereocenters. The van der Waals surface area contributed by atoms with Gasteiger partial charge in [-0.05, 0) is 30.9 Å². The van der Waals surface area contributed by atoms with E-state index in [9.17, 15) is 9.59 Å². The second-order valence-electron chi connectivity index (χ2n) is 7.69. The monoisotopic (exact) mass is 394 g/mol. The summed E-state index contributed by atoms with van der Waals surface area (Å²) < 4.78 is 11.5.